The van der Waals surface area contributed by atoms with Crippen molar-refractivity contribution < 1.29 is 17.3 Å². The molecule has 0 saturated heterocycles. The molecule has 2 aromatic carbocycles. The van der Waals surface area contributed by atoms with Crippen LogP contribution >= 0.6 is 39.1 Å². The number of rotatable bonds is 7. The first-order chi connectivity index (χ1) is 14.2. The minimum atomic E-state index is -3.58. The number of halogens is 3. The van der Waals surface area contributed by atoms with Gasteiger partial charge in [-0.15, -0.1) is 0 Å². The molecule has 0 N–H and O–H groups in total. The summed E-state index contributed by atoms with van der Waals surface area (Å²) in [5.74, 6) is 0.207. The van der Waals surface area contributed by atoms with Gasteiger partial charge in [0.15, 0.2) is 5.75 Å². The molecule has 3 aromatic rings. The molecule has 0 aliphatic heterocycles. The average molecular weight is 534 g/mol. The first-order valence-corrected chi connectivity index (χ1v) is 11.8. The zero-order valence-electron chi connectivity index (χ0n) is 15.5. The van der Waals surface area contributed by atoms with Crippen LogP contribution in [-0.4, -0.2) is 24.5 Å². The molecular weight excluding hydrogens is 519 g/mol. The van der Waals surface area contributed by atoms with Crippen molar-refractivity contribution in [1.29, 1.82) is 0 Å². The van der Waals surface area contributed by atoms with Crippen molar-refractivity contribution in [2.45, 2.75) is 13.2 Å². The molecule has 11 heteroatoms. The Morgan fingerprint density at radius 3 is 2.23 bits per heavy atom. The maximum atomic E-state index is 12.8. The molecule has 0 saturated carbocycles. The molecule has 0 fully saturated rings. The molecule has 7 nitrogen and oxygen atoms in total. The molecule has 30 heavy (non-hydrogen) atoms. The van der Waals surface area contributed by atoms with E-state index in [9.17, 15) is 13.2 Å². The fourth-order valence-electron chi connectivity index (χ4n) is 2.53. The third-order valence-electron chi connectivity index (χ3n) is 3.97. The third kappa shape index (κ3) is 5.41. The summed E-state index contributed by atoms with van der Waals surface area (Å²) in [6, 6.07) is 11.9. The van der Waals surface area contributed by atoms with Gasteiger partial charge in [-0.05, 0) is 39.2 Å². The van der Waals surface area contributed by atoms with Crippen molar-refractivity contribution >= 4 is 49.2 Å². The third-order valence-corrected chi connectivity index (χ3v) is 5.85. The van der Waals surface area contributed by atoms with E-state index in [4.69, 9.17) is 32.1 Å². The Balaban J connectivity index is 1.85. The molecule has 0 amide bonds. The number of ether oxygens (including phenoxy) is 1. The molecule has 0 spiro atoms. The molecule has 1 aromatic heterocycles. The van der Waals surface area contributed by atoms with E-state index in [1.807, 2.05) is 0 Å². The van der Waals surface area contributed by atoms with Gasteiger partial charge in [0.05, 0.1) is 29.1 Å². The summed E-state index contributed by atoms with van der Waals surface area (Å²) < 4.78 is 34.3. The maximum Gasteiger partial charge on any atom is 0.289 e. The average Bonchev–Trinajstić information content (AvgIpc) is 2.69. The SMILES string of the molecule is CS(=O)(=O)OCc1ccccc1COc1cnn(-c2c(Cl)cccc2Cl)c(=O)c1Br. The van der Waals surface area contributed by atoms with Gasteiger partial charge < -0.3 is 4.74 Å². The van der Waals surface area contributed by atoms with E-state index < -0.39 is 15.7 Å². The lowest BCUT2D eigenvalue weighted by molar-refractivity contribution is 0.285. The molecule has 0 radical (unpaired) electrons. The van der Waals surface area contributed by atoms with E-state index in [0.29, 0.717) is 11.1 Å². The predicted octanol–water partition coefficient (Wildman–Crippen LogP) is 4.36. The molecule has 0 aliphatic carbocycles. The van der Waals surface area contributed by atoms with Crippen LogP contribution in [0.15, 0.2) is 57.9 Å². The van der Waals surface area contributed by atoms with Gasteiger partial charge in [-0.2, -0.15) is 18.2 Å². The normalized spacial score (nSPS) is 11.5. The lowest BCUT2D eigenvalue weighted by Crippen LogP contribution is -2.23. The first kappa shape index (κ1) is 22.8. The number of hydrogen-bond donors (Lipinski definition) is 0. The van der Waals surface area contributed by atoms with E-state index in [1.165, 1.54) is 6.20 Å². The fourth-order valence-corrected chi connectivity index (χ4v) is 3.82. The van der Waals surface area contributed by atoms with E-state index in [1.54, 1.807) is 42.5 Å². The van der Waals surface area contributed by atoms with Gasteiger partial charge in [-0.1, -0.05) is 53.5 Å². The summed E-state index contributed by atoms with van der Waals surface area (Å²) in [6.07, 6.45) is 2.34. The smallest absolute Gasteiger partial charge is 0.289 e. The van der Waals surface area contributed by atoms with E-state index in [0.717, 1.165) is 10.9 Å². The zero-order chi connectivity index (χ0) is 21.9. The van der Waals surface area contributed by atoms with Crippen molar-refractivity contribution in [3.63, 3.8) is 0 Å². The Labute approximate surface area is 191 Å². The number of nitrogens with zero attached hydrogens (tertiary/aromatic N) is 2. The summed E-state index contributed by atoms with van der Waals surface area (Å²) in [5, 5.41) is 4.66. The second kappa shape index (κ2) is 9.49. The van der Waals surface area contributed by atoms with Crippen LogP contribution in [0, 0.1) is 0 Å². The summed E-state index contributed by atoms with van der Waals surface area (Å²) in [6.45, 7) is -0.0513. The quantitative estimate of drug-likeness (QED) is 0.419. The van der Waals surface area contributed by atoms with Gasteiger partial charge in [-0.25, -0.2) is 0 Å². The van der Waals surface area contributed by atoms with E-state index in [2.05, 4.69) is 21.0 Å². The minimum absolute atomic E-state index is 0.0693. The Kier molecular flexibility index (Phi) is 7.20. The molecule has 3 rings (SSSR count). The van der Waals surface area contributed by atoms with Crippen LogP contribution in [0.3, 0.4) is 0 Å². The summed E-state index contributed by atoms with van der Waals surface area (Å²) >= 11 is 15.6. The Hall–Kier alpha value is -1.91. The molecular formula is C19H15BrCl2N2O5S. The molecule has 0 aliphatic rings. The molecule has 0 atom stereocenters. The van der Waals surface area contributed by atoms with Gasteiger partial charge >= 0.3 is 0 Å². The standard InChI is InChI=1S/C19H15BrCl2N2O5S/c1-30(26,27)29-11-13-6-3-2-5-12(13)10-28-16-9-23-24(19(25)17(16)20)18-14(21)7-4-8-15(18)22/h2-9H,10-11H2,1H3. The van der Waals surface area contributed by atoms with Crippen molar-refractivity contribution in [2.24, 2.45) is 0 Å². The second-order valence-corrected chi connectivity index (χ2v) is 9.39. The van der Waals surface area contributed by atoms with Crippen molar-refractivity contribution in [3.8, 4) is 11.4 Å². The van der Waals surface area contributed by atoms with E-state index >= 15 is 0 Å². The maximum absolute atomic E-state index is 12.8. The number of para-hydroxylation sites is 1. The largest absolute Gasteiger partial charge is 0.486 e. The topological polar surface area (TPSA) is 87.5 Å². The predicted molar refractivity (Wildman–Crippen MR) is 118 cm³/mol. The number of benzene rings is 2. The first-order valence-electron chi connectivity index (χ1n) is 8.43. The van der Waals surface area contributed by atoms with Crippen molar-refractivity contribution in [1.82, 2.24) is 9.78 Å². The summed E-state index contributed by atoms with van der Waals surface area (Å²) in [5.41, 5.74) is 1.10. The lowest BCUT2D eigenvalue weighted by Gasteiger charge is -2.13. The summed E-state index contributed by atoms with van der Waals surface area (Å²) in [7, 11) is -3.58. The summed E-state index contributed by atoms with van der Waals surface area (Å²) in [4.78, 5) is 12.8. The minimum Gasteiger partial charge on any atom is -0.486 e. The highest BCUT2D eigenvalue weighted by Crippen LogP contribution is 2.28. The van der Waals surface area contributed by atoms with Crippen molar-refractivity contribution in [2.75, 3.05) is 6.26 Å². The molecule has 1 heterocycles. The van der Waals surface area contributed by atoms with Crippen LogP contribution in [-0.2, 0) is 27.5 Å². The monoisotopic (exact) mass is 532 g/mol. The Morgan fingerprint density at radius 1 is 1.03 bits per heavy atom. The molecule has 0 unspecified atom stereocenters. The second-order valence-electron chi connectivity index (χ2n) is 6.13. The highest BCUT2D eigenvalue weighted by molar-refractivity contribution is 9.10. The van der Waals surface area contributed by atoms with Gasteiger partial charge in [0, 0.05) is 0 Å². The van der Waals surface area contributed by atoms with Gasteiger partial charge in [0.2, 0.25) is 0 Å². The molecule has 0 bridgehead atoms. The zero-order valence-corrected chi connectivity index (χ0v) is 19.4. The van der Waals surface area contributed by atoms with Crippen LogP contribution in [0.2, 0.25) is 10.0 Å². The highest BCUT2D eigenvalue weighted by atomic mass is 79.9. The van der Waals surface area contributed by atoms with E-state index in [-0.39, 0.29) is 39.2 Å². The number of hydrogen-bond acceptors (Lipinski definition) is 6. The van der Waals surface area contributed by atoms with Crippen LogP contribution in [0.4, 0.5) is 0 Å². The molecule has 158 valence electrons. The van der Waals surface area contributed by atoms with Gasteiger partial charge in [0.25, 0.3) is 15.7 Å². The Bertz CT molecular complexity index is 1230. The Morgan fingerprint density at radius 2 is 1.63 bits per heavy atom. The number of aromatic nitrogens is 2. The van der Waals surface area contributed by atoms with Crippen molar-refractivity contribution in [3.05, 3.63) is 84.7 Å². The van der Waals surface area contributed by atoms with Crippen LogP contribution < -0.4 is 10.3 Å². The lowest BCUT2D eigenvalue weighted by atomic mass is 10.1. The van der Waals surface area contributed by atoms with Gasteiger partial charge in [-0.3, -0.25) is 8.98 Å². The van der Waals surface area contributed by atoms with Crippen LogP contribution in [0.5, 0.6) is 5.75 Å². The highest BCUT2D eigenvalue weighted by Gasteiger charge is 2.16. The fraction of sp³-hybridized carbons (Fsp3) is 0.158. The van der Waals surface area contributed by atoms with Crippen LogP contribution in [0.1, 0.15) is 11.1 Å². The van der Waals surface area contributed by atoms with Crippen LogP contribution in [0.25, 0.3) is 5.69 Å². The van der Waals surface area contributed by atoms with Gasteiger partial charge in [0.1, 0.15) is 16.8 Å².